The number of nitrogens with one attached hydrogen (secondary N) is 2. The maximum atomic E-state index is 12.5. The molecule has 0 aromatic heterocycles. The first-order valence-electron chi connectivity index (χ1n) is 6.62. The Morgan fingerprint density at radius 1 is 1.30 bits per heavy atom. The van der Waals surface area contributed by atoms with Crippen LogP contribution in [0.5, 0.6) is 0 Å². The zero-order chi connectivity index (χ0) is 13.4. The number of carbonyl (C=O) groups is 2. The van der Waals surface area contributed by atoms with Crippen LogP contribution in [-0.4, -0.2) is 42.4 Å². The van der Waals surface area contributed by atoms with Gasteiger partial charge in [0.15, 0.2) is 0 Å². The summed E-state index contributed by atoms with van der Waals surface area (Å²) in [5.74, 6) is -0.139. The predicted molar refractivity (Wildman–Crippen MR) is 79.4 cm³/mol. The third-order valence-electron chi connectivity index (χ3n) is 3.82. The van der Waals surface area contributed by atoms with Crippen molar-refractivity contribution in [1.29, 1.82) is 0 Å². The van der Waals surface area contributed by atoms with Crippen LogP contribution in [0.15, 0.2) is 18.2 Å². The molecule has 2 aliphatic heterocycles. The van der Waals surface area contributed by atoms with E-state index in [2.05, 4.69) is 10.6 Å². The van der Waals surface area contributed by atoms with Crippen molar-refractivity contribution in [1.82, 2.24) is 10.2 Å². The van der Waals surface area contributed by atoms with Crippen molar-refractivity contribution in [3.63, 3.8) is 0 Å². The Labute approximate surface area is 124 Å². The second kappa shape index (κ2) is 5.71. The predicted octanol–water partition coefficient (Wildman–Crippen LogP) is 1.04. The number of piperazine rings is 1. The molecule has 108 valence electrons. The van der Waals surface area contributed by atoms with E-state index in [-0.39, 0.29) is 24.2 Å². The van der Waals surface area contributed by atoms with Crippen LogP contribution in [0.1, 0.15) is 22.8 Å². The fraction of sp³-hybridized carbons (Fsp3) is 0.429. The number of benzene rings is 1. The Bertz CT molecular complexity index is 547. The Hall–Kier alpha value is -1.75. The number of hydrogen-bond acceptors (Lipinski definition) is 3. The van der Waals surface area contributed by atoms with Gasteiger partial charge in [-0.1, -0.05) is 0 Å². The van der Waals surface area contributed by atoms with E-state index in [0.29, 0.717) is 18.7 Å². The van der Waals surface area contributed by atoms with Gasteiger partial charge in [-0.3, -0.25) is 9.59 Å². The Morgan fingerprint density at radius 2 is 2.10 bits per heavy atom. The van der Waals surface area contributed by atoms with Crippen molar-refractivity contribution in [2.24, 2.45) is 0 Å². The van der Waals surface area contributed by atoms with E-state index in [0.717, 1.165) is 18.7 Å². The summed E-state index contributed by atoms with van der Waals surface area (Å²) < 4.78 is 0. The van der Waals surface area contributed by atoms with Crippen molar-refractivity contribution in [2.75, 3.05) is 25.0 Å². The van der Waals surface area contributed by atoms with Gasteiger partial charge in [0.1, 0.15) is 6.04 Å². The molecule has 0 radical (unpaired) electrons. The van der Waals surface area contributed by atoms with Crippen LogP contribution in [0.25, 0.3) is 0 Å². The summed E-state index contributed by atoms with van der Waals surface area (Å²) in [4.78, 5) is 25.7. The van der Waals surface area contributed by atoms with Gasteiger partial charge in [0.25, 0.3) is 5.91 Å². The molecule has 1 fully saturated rings. The van der Waals surface area contributed by atoms with Gasteiger partial charge in [0.05, 0.1) is 0 Å². The molecule has 2 N–H and O–H groups in total. The molecule has 3 rings (SSSR count). The Morgan fingerprint density at radius 3 is 2.90 bits per heavy atom. The number of rotatable bonds is 1. The summed E-state index contributed by atoms with van der Waals surface area (Å²) in [6.07, 6.45) is 0.951. The van der Waals surface area contributed by atoms with E-state index in [1.807, 2.05) is 18.2 Å². The third kappa shape index (κ3) is 2.45. The molecule has 2 aliphatic rings. The minimum atomic E-state index is -0.396. The van der Waals surface area contributed by atoms with Gasteiger partial charge >= 0.3 is 0 Å². The van der Waals surface area contributed by atoms with Gasteiger partial charge in [-0.25, -0.2) is 0 Å². The first kappa shape index (κ1) is 14.7. The SMILES string of the molecule is CC1C(=O)NCCN1C(=O)c1ccc2c(c1)CCN2.Cl. The molecule has 1 aromatic carbocycles. The second-order valence-corrected chi connectivity index (χ2v) is 5.01. The lowest BCUT2D eigenvalue weighted by atomic mass is 10.1. The molecule has 2 amide bonds. The largest absolute Gasteiger partial charge is 0.384 e. The molecule has 0 aliphatic carbocycles. The first-order valence-corrected chi connectivity index (χ1v) is 6.62. The average Bonchev–Trinajstić information content (AvgIpc) is 2.88. The summed E-state index contributed by atoms with van der Waals surface area (Å²) in [6, 6.07) is 5.33. The van der Waals surface area contributed by atoms with Gasteiger partial charge < -0.3 is 15.5 Å². The van der Waals surface area contributed by atoms with Crippen LogP contribution in [0, 0.1) is 0 Å². The maximum absolute atomic E-state index is 12.5. The van der Waals surface area contributed by atoms with Gasteiger partial charge in [-0.15, -0.1) is 12.4 Å². The summed E-state index contributed by atoms with van der Waals surface area (Å²) in [5.41, 5.74) is 2.96. The number of amides is 2. The van der Waals surface area contributed by atoms with Crippen molar-refractivity contribution >= 4 is 29.9 Å². The van der Waals surface area contributed by atoms with Crippen molar-refractivity contribution < 1.29 is 9.59 Å². The van der Waals surface area contributed by atoms with Crippen LogP contribution < -0.4 is 10.6 Å². The standard InChI is InChI=1S/C14H17N3O2.ClH/c1-9-13(18)16-6-7-17(9)14(19)11-2-3-12-10(8-11)4-5-15-12;/h2-3,8-9,15H,4-7H2,1H3,(H,16,18);1H. The highest BCUT2D eigenvalue weighted by Crippen LogP contribution is 2.24. The molecular weight excluding hydrogens is 278 g/mol. The fourth-order valence-corrected chi connectivity index (χ4v) is 2.66. The molecule has 1 aromatic rings. The monoisotopic (exact) mass is 295 g/mol. The molecule has 1 saturated heterocycles. The zero-order valence-electron chi connectivity index (χ0n) is 11.3. The molecule has 0 saturated carbocycles. The van der Waals surface area contributed by atoms with E-state index in [1.54, 1.807) is 11.8 Å². The number of hydrogen-bond donors (Lipinski definition) is 2. The maximum Gasteiger partial charge on any atom is 0.254 e. The first-order chi connectivity index (χ1) is 9.16. The molecule has 1 unspecified atom stereocenters. The average molecular weight is 296 g/mol. The summed E-state index contributed by atoms with van der Waals surface area (Å²) >= 11 is 0. The Kier molecular flexibility index (Phi) is 4.18. The summed E-state index contributed by atoms with van der Waals surface area (Å²) in [5, 5.41) is 6.04. The highest BCUT2D eigenvalue weighted by molar-refractivity contribution is 5.98. The number of carbonyl (C=O) groups excluding carboxylic acids is 2. The van der Waals surface area contributed by atoms with Crippen LogP contribution in [0.3, 0.4) is 0 Å². The molecule has 20 heavy (non-hydrogen) atoms. The fourth-order valence-electron chi connectivity index (χ4n) is 2.66. The van der Waals surface area contributed by atoms with Crippen LogP contribution in [-0.2, 0) is 11.2 Å². The number of fused-ring (bicyclic) bond motifs is 1. The van der Waals surface area contributed by atoms with Crippen LogP contribution >= 0.6 is 12.4 Å². The van der Waals surface area contributed by atoms with Gasteiger partial charge in [0, 0.05) is 30.9 Å². The zero-order valence-corrected chi connectivity index (χ0v) is 12.1. The lowest BCUT2D eigenvalue weighted by molar-refractivity contribution is -0.127. The quantitative estimate of drug-likeness (QED) is 0.814. The van der Waals surface area contributed by atoms with E-state index in [4.69, 9.17) is 0 Å². The second-order valence-electron chi connectivity index (χ2n) is 5.01. The molecule has 0 spiro atoms. The van der Waals surface area contributed by atoms with Crippen LogP contribution in [0.2, 0.25) is 0 Å². The minimum Gasteiger partial charge on any atom is -0.384 e. The smallest absolute Gasteiger partial charge is 0.254 e. The van der Waals surface area contributed by atoms with E-state index in [9.17, 15) is 9.59 Å². The van der Waals surface area contributed by atoms with E-state index in [1.165, 1.54) is 5.56 Å². The molecular formula is C14H18ClN3O2. The van der Waals surface area contributed by atoms with Crippen molar-refractivity contribution in [3.05, 3.63) is 29.3 Å². The third-order valence-corrected chi connectivity index (χ3v) is 3.82. The highest BCUT2D eigenvalue weighted by Gasteiger charge is 2.30. The van der Waals surface area contributed by atoms with E-state index < -0.39 is 6.04 Å². The lowest BCUT2D eigenvalue weighted by Gasteiger charge is -2.32. The summed E-state index contributed by atoms with van der Waals surface area (Å²) in [6.45, 7) is 3.79. The normalized spacial score (nSPS) is 20.6. The lowest BCUT2D eigenvalue weighted by Crippen LogP contribution is -2.55. The minimum absolute atomic E-state index is 0. The van der Waals surface area contributed by atoms with Crippen molar-refractivity contribution in [2.45, 2.75) is 19.4 Å². The van der Waals surface area contributed by atoms with Gasteiger partial charge in [-0.05, 0) is 37.1 Å². The van der Waals surface area contributed by atoms with Crippen LogP contribution in [0.4, 0.5) is 5.69 Å². The molecule has 5 nitrogen and oxygen atoms in total. The van der Waals surface area contributed by atoms with Crippen molar-refractivity contribution in [3.8, 4) is 0 Å². The van der Waals surface area contributed by atoms with Gasteiger partial charge in [-0.2, -0.15) is 0 Å². The summed E-state index contributed by atoms with van der Waals surface area (Å²) in [7, 11) is 0. The number of anilines is 1. The number of nitrogens with zero attached hydrogens (tertiary/aromatic N) is 1. The number of halogens is 1. The highest BCUT2D eigenvalue weighted by atomic mass is 35.5. The van der Waals surface area contributed by atoms with E-state index >= 15 is 0 Å². The molecule has 1 atom stereocenters. The molecule has 0 bridgehead atoms. The molecule has 2 heterocycles. The Balaban J connectivity index is 0.00000147. The topological polar surface area (TPSA) is 61.4 Å². The van der Waals surface area contributed by atoms with Gasteiger partial charge in [0.2, 0.25) is 5.91 Å². The molecule has 6 heteroatoms.